The first-order valence-corrected chi connectivity index (χ1v) is 18.1. The van der Waals surface area contributed by atoms with Crippen LogP contribution in [0.4, 0.5) is 34.1 Å². The van der Waals surface area contributed by atoms with E-state index in [0.29, 0.717) is 18.2 Å². The first-order chi connectivity index (χ1) is 24.6. The van der Waals surface area contributed by atoms with Crippen LogP contribution in [0.5, 0.6) is 17.2 Å². The fourth-order valence-corrected chi connectivity index (χ4v) is 6.82. The topological polar surface area (TPSA) is 360 Å². The van der Waals surface area contributed by atoms with Crippen molar-refractivity contribution in [2.75, 3.05) is 0 Å². The average molecular weight is 791 g/mol. The minimum atomic E-state index is -5.72. The third-order valence-electron chi connectivity index (χ3n) is 7.11. The van der Waals surface area contributed by atoms with Crippen molar-refractivity contribution in [3.05, 3.63) is 93.0 Å². The summed E-state index contributed by atoms with van der Waals surface area (Å²) in [5, 5.41) is 70.9. The Labute approximate surface area is 295 Å². The fraction of sp³-hybridized carbons (Fsp3) is 0. The van der Waals surface area contributed by atoms with Gasteiger partial charge in [-0.3, -0.25) is 33.9 Å². The lowest BCUT2D eigenvalue weighted by atomic mass is 9.95. The van der Waals surface area contributed by atoms with Crippen molar-refractivity contribution in [2.45, 2.75) is 14.7 Å². The monoisotopic (exact) mass is 790 g/mol. The maximum atomic E-state index is 12.7. The molecule has 0 unspecified atom stereocenters. The molecule has 0 heterocycles. The molecule has 0 amide bonds. The van der Waals surface area contributed by atoms with Crippen molar-refractivity contribution < 1.29 is 64.1 Å². The van der Waals surface area contributed by atoms with Gasteiger partial charge in [0, 0.05) is 6.07 Å². The predicted octanol–water partition coefficient (Wildman–Crippen LogP) is 6.01. The summed E-state index contributed by atoms with van der Waals surface area (Å²) < 4.78 is 102. The van der Waals surface area contributed by atoms with Crippen LogP contribution >= 0.6 is 0 Å². The van der Waals surface area contributed by atoms with Gasteiger partial charge in [0.2, 0.25) is 5.75 Å². The molecule has 0 aliphatic rings. The molecule has 0 saturated carbocycles. The molecule has 0 aliphatic carbocycles. The number of hydrogen-bond donors (Lipinski definition) is 6. The summed E-state index contributed by atoms with van der Waals surface area (Å²) in [5.74, 6) is -4.51. The van der Waals surface area contributed by atoms with Gasteiger partial charge in [-0.1, -0.05) is 24.3 Å². The molecule has 6 N–H and O–H groups in total. The lowest BCUT2D eigenvalue weighted by molar-refractivity contribution is -0.393. The van der Waals surface area contributed by atoms with Gasteiger partial charge in [0.15, 0.2) is 5.75 Å². The predicted molar refractivity (Wildman–Crippen MR) is 178 cm³/mol. The van der Waals surface area contributed by atoms with Gasteiger partial charge in [0.05, 0.1) is 37.1 Å². The molecule has 0 atom stereocenters. The third-order valence-corrected chi connectivity index (χ3v) is 9.70. The molecule has 0 aliphatic heterocycles. The lowest BCUT2D eigenvalue weighted by Gasteiger charge is -2.16. The Hall–Kier alpha value is -6.51. The molecule has 53 heavy (non-hydrogen) atoms. The summed E-state index contributed by atoms with van der Waals surface area (Å²) in [5.41, 5.74) is -8.34. The molecule has 0 fully saturated rings. The number of nitro groups is 2. The number of fused-ring (bicyclic) bond motifs is 1. The third kappa shape index (κ3) is 7.45. The summed E-state index contributed by atoms with van der Waals surface area (Å²) in [6.07, 6.45) is 0. The van der Waals surface area contributed by atoms with Crippen LogP contribution in [0.1, 0.15) is 0 Å². The maximum absolute atomic E-state index is 12.7. The van der Waals surface area contributed by atoms with Crippen molar-refractivity contribution in [2.24, 2.45) is 20.5 Å². The van der Waals surface area contributed by atoms with Gasteiger partial charge in [-0.05, 0) is 47.9 Å². The molecule has 0 saturated heterocycles. The van der Waals surface area contributed by atoms with Crippen LogP contribution in [0.3, 0.4) is 0 Å². The number of phenolic OH excluding ortho intramolecular Hbond substituents is 3. The summed E-state index contributed by atoms with van der Waals surface area (Å²) in [6.45, 7) is 0. The van der Waals surface area contributed by atoms with Crippen LogP contribution in [0, 0.1) is 20.2 Å². The number of phenols is 3. The second-order valence-electron chi connectivity index (χ2n) is 10.4. The Bertz CT molecular complexity index is 2790. The van der Waals surface area contributed by atoms with E-state index < -0.39 is 122 Å². The van der Waals surface area contributed by atoms with Gasteiger partial charge >= 0.3 is 5.69 Å². The van der Waals surface area contributed by atoms with E-state index in [1.165, 1.54) is 24.3 Å². The van der Waals surface area contributed by atoms with Crippen LogP contribution in [-0.4, -0.2) is 64.1 Å². The zero-order valence-corrected chi connectivity index (χ0v) is 28.1. The highest BCUT2D eigenvalue weighted by Gasteiger charge is 2.39. The molecule has 25 heteroatoms. The summed E-state index contributed by atoms with van der Waals surface area (Å²) in [7, 11) is -16.0. The van der Waals surface area contributed by atoms with Crippen molar-refractivity contribution >= 4 is 75.3 Å². The Morgan fingerprint density at radius 1 is 0.566 bits per heavy atom. The molecule has 0 bridgehead atoms. The van der Waals surface area contributed by atoms with Gasteiger partial charge in [-0.15, -0.1) is 10.2 Å². The first kappa shape index (κ1) is 37.7. The minimum Gasteiger partial charge on any atom is -0.506 e. The van der Waals surface area contributed by atoms with Crippen molar-refractivity contribution in [3.63, 3.8) is 0 Å². The number of nitrogens with zero attached hydrogens (tertiary/aromatic N) is 6. The van der Waals surface area contributed by atoms with E-state index in [2.05, 4.69) is 20.5 Å². The highest BCUT2D eigenvalue weighted by atomic mass is 32.2. The molecule has 274 valence electrons. The van der Waals surface area contributed by atoms with Gasteiger partial charge in [0.1, 0.15) is 32.5 Å². The van der Waals surface area contributed by atoms with Gasteiger partial charge in [-0.25, -0.2) is 0 Å². The van der Waals surface area contributed by atoms with Crippen molar-refractivity contribution in [1.82, 2.24) is 0 Å². The molecule has 22 nitrogen and oxygen atoms in total. The highest BCUT2D eigenvalue weighted by Crippen LogP contribution is 2.56. The standard InChI is InChI=1S/C28H18N6O16S3/c35-26-17(31-29-14-5-2-1-3-6-14)12-18(33(38)39)22(25(26)34(40)41)23-19(52(45,46)47)9-13-10-20(53(48,49)50)24(28(37)21(13)27(23)36)32-30-15-7-4-8-16(11-15)51(42,43)44/h1-12,35-37H,(H,42,43,44)(H,45,46,47)(H,48,49,50). The molecule has 5 rings (SSSR count). The lowest BCUT2D eigenvalue weighted by Crippen LogP contribution is -2.06. The average Bonchev–Trinajstić information content (AvgIpc) is 3.05. The number of nitro benzene ring substituents is 2. The Morgan fingerprint density at radius 3 is 1.72 bits per heavy atom. The van der Waals surface area contributed by atoms with E-state index in [1.54, 1.807) is 6.07 Å². The Balaban J connectivity index is 1.91. The van der Waals surface area contributed by atoms with Crippen LogP contribution < -0.4 is 0 Å². The van der Waals surface area contributed by atoms with Gasteiger partial charge in [0.25, 0.3) is 36.0 Å². The summed E-state index contributed by atoms with van der Waals surface area (Å²) in [4.78, 5) is 18.4. The number of aromatic hydroxyl groups is 3. The van der Waals surface area contributed by atoms with E-state index in [0.717, 1.165) is 24.3 Å². The van der Waals surface area contributed by atoms with E-state index in [4.69, 9.17) is 0 Å². The Kier molecular flexibility index (Phi) is 9.65. The number of hydrogen-bond acceptors (Lipinski definition) is 17. The number of rotatable bonds is 10. The highest BCUT2D eigenvalue weighted by molar-refractivity contribution is 7.86. The van der Waals surface area contributed by atoms with Crippen molar-refractivity contribution in [1.29, 1.82) is 0 Å². The van der Waals surface area contributed by atoms with Crippen molar-refractivity contribution in [3.8, 4) is 28.4 Å². The fourth-order valence-electron chi connectivity index (χ4n) is 4.91. The molecule has 5 aromatic rings. The molecule has 0 radical (unpaired) electrons. The summed E-state index contributed by atoms with van der Waals surface area (Å²) in [6, 6.07) is 12.4. The van der Waals surface area contributed by atoms with E-state index in [-0.39, 0.29) is 5.69 Å². The number of benzene rings is 5. The van der Waals surface area contributed by atoms with Gasteiger partial charge in [-0.2, -0.15) is 35.5 Å². The normalized spacial score (nSPS) is 12.5. The molecule has 0 spiro atoms. The smallest absolute Gasteiger partial charge is 0.327 e. The second-order valence-corrected chi connectivity index (χ2v) is 14.6. The zero-order valence-electron chi connectivity index (χ0n) is 25.6. The first-order valence-electron chi connectivity index (χ1n) is 13.8. The number of azo groups is 2. The molecular formula is C28H18N6O16S3. The van der Waals surface area contributed by atoms with Gasteiger partial charge < -0.3 is 15.3 Å². The molecule has 0 aromatic heterocycles. The molecule has 5 aromatic carbocycles. The zero-order chi connectivity index (χ0) is 39.2. The Morgan fingerprint density at radius 2 is 1.15 bits per heavy atom. The van der Waals surface area contributed by atoms with E-state index in [1.807, 2.05) is 0 Å². The maximum Gasteiger partial charge on any atom is 0.327 e. The van der Waals surface area contributed by atoms with Crippen LogP contribution in [-0.2, 0) is 30.4 Å². The quantitative estimate of drug-likeness (QED) is 0.0408. The van der Waals surface area contributed by atoms with Crippen LogP contribution in [0.2, 0.25) is 0 Å². The summed E-state index contributed by atoms with van der Waals surface area (Å²) >= 11 is 0. The second kappa shape index (κ2) is 13.6. The SMILES string of the molecule is O=[N+]([O-])c1cc(N=Nc2ccccc2)c(O)c([N+](=O)[O-])c1-c1c(S(=O)(=O)O)cc2cc(S(=O)(=O)O)c(N=Nc3cccc(S(=O)(=O)O)c3)c(O)c2c1O. The van der Waals surface area contributed by atoms with Crippen LogP contribution in [0.15, 0.2) is 108 Å². The molecular weight excluding hydrogens is 773 g/mol. The van der Waals surface area contributed by atoms with E-state index >= 15 is 0 Å². The largest absolute Gasteiger partial charge is 0.506 e. The van der Waals surface area contributed by atoms with E-state index in [9.17, 15) is 74.5 Å². The van der Waals surface area contributed by atoms with Crippen LogP contribution in [0.25, 0.3) is 21.9 Å². The minimum absolute atomic E-state index is 0.126.